The Morgan fingerprint density at radius 1 is 1.19 bits per heavy atom. The van der Waals surface area contributed by atoms with E-state index in [1.165, 1.54) is 19.9 Å². The van der Waals surface area contributed by atoms with Gasteiger partial charge in [-0.1, -0.05) is 45.4 Å². The van der Waals surface area contributed by atoms with E-state index in [9.17, 15) is 30.0 Å². The first-order valence-corrected chi connectivity index (χ1v) is 16.1. The number of carbonyl (C=O) groups excluding carboxylic acids is 2. The molecule has 3 aliphatic carbocycles. The fourth-order valence-electron chi connectivity index (χ4n) is 9.63. The second-order valence-electron chi connectivity index (χ2n) is 15.6. The van der Waals surface area contributed by atoms with E-state index in [1.54, 1.807) is 0 Å². The number of hydrogen-bond donors (Lipinski definition) is 4. The number of carbonyl (C=O) groups is 2. The molecule has 0 aromatic carbocycles. The van der Waals surface area contributed by atoms with Crippen LogP contribution in [0.3, 0.4) is 0 Å². The average Bonchev–Trinajstić information content (AvgIpc) is 3.43. The van der Waals surface area contributed by atoms with Crippen LogP contribution < -0.4 is 0 Å². The Bertz CT molecular complexity index is 1170. The van der Waals surface area contributed by atoms with Gasteiger partial charge in [0.2, 0.25) is 0 Å². The maximum absolute atomic E-state index is 13.4. The highest BCUT2D eigenvalue weighted by molar-refractivity contribution is 5.83. The van der Waals surface area contributed by atoms with E-state index in [0.717, 1.165) is 5.57 Å². The molecule has 43 heavy (non-hydrogen) atoms. The van der Waals surface area contributed by atoms with E-state index in [0.29, 0.717) is 32.1 Å². The van der Waals surface area contributed by atoms with Gasteiger partial charge in [-0.05, 0) is 76.5 Å². The molecular formula is C34H52O9. The summed E-state index contributed by atoms with van der Waals surface area (Å²) < 4.78 is 18.1. The third-order valence-electron chi connectivity index (χ3n) is 12.0. The van der Waals surface area contributed by atoms with Crippen LogP contribution in [-0.4, -0.2) is 74.3 Å². The van der Waals surface area contributed by atoms with Gasteiger partial charge in [0.15, 0.2) is 6.29 Å². The van der Waals surface area contributed by atoms with Gasteiger partial charge in [-0.3, -0.25) is 4.79 Å². The van der Waals surface area contributed by atoms with Crippen LogP contribution in [0.5, 0.6) is 0 Å². The van der Waals surface area contributed by atoms with Crippen molar-refractivity contribution in [3.05, 3.63) is 23.8 Å². The standard InChI is InChI=1S/C34H52O9/c1-9-17(2)29(38)42-23-16-34(8)19(18-14-22(41-30(18)39)28(37)31(3,4)40)10-11-20(34)26-21(35)15-24-32(5,6)43-25(36)12-13-33(24,7)27(23)26/h11-13,17-19,21-24,26-28,30,35,37,39-40H,9-10,14-16H2,1-8H3/t17-,18+,19+,21-,22-,23-,24+,26-,27+,28+,30+,33+,34+/m1/s1. The Balaban J connectivity index is 1.55. The van der Waals surface area contributed by atoms with Crippen molar-refractivity contribution in [2.24, 2.45) is 46.3 Å². The summed E-state index contributed by atoms with van der Waals surface area (Å²) in [5, 5.41) is 44.2. The molecule has 0 aromatic heterocycles. The Morgan fingerprint density at radius 3 is 2.49 bits per heavy atom. The molecule has 0 unspecified atom stereocenters. The molecule has 0 spiro atoms. The lowest BCUT2D eigenvalue weighted by molar-refractivity contribution is -0.200. The molecular weight excluding hydrogens is 552 g/mol. The van der Waals surface area contributed by atoms with Gasteiger partial charge in [-0.25, -0.2) is 4.79 Å². The second kappa shape index (κ2) is 10.9. The number of aliphatic hydroxyl groups is 4. The smallest absolute Gasteiger partial charge is 0.330 e. The first-order valence-electron chi connectivity index (χ1n) is 16.1. The van der Waals surface area contributed by atoms with Crippen molar-refractivity contribution in [3.63, 3.8) is 0 Å². The highest BCUT2D eigenvalue weighted by Gasteiger charge is 2.67. The molecule has 5 rings (SSSR count). The third kappa shape index (κ3) is 5.31. The molecule has 13 atom stereocenters. The largest absolute Gasteiger partial charge is 0.462 e. The highest BCUT2D eigenvalue weighted by atomic mass is 16.6. The van der Waals surface area contributed by atoms with Crippen molar-refractivity contribution < 1.29 is 44.2 Å². The molecule has 3 fully saturated rings. The summed E-state index contributed by atoms with van der Waals surface area (Å²) in [7, 11) is 0. The molecule has 0 bridgehead atoms. The van der Waals surface area contributed by atoms with Crippen LogP contribution in [0, 0.1) is 46.3 Å². The van der Waals surface area contributed by atoms with E-state index in [2.05, 4.69) is 19.9 Å². The second-order valence-corrected chi connectivity index (χ2v) is 15.6. The van der Waals surface area contributed by atoms with Gasteiger partial charge in [-0.2, -0.15) is 0 Å². The molecule has 9 heteroatoms. The molecule has 1 saturated heterocycles. The van der Waals surface area contributed by atoms with Crippen LogP contribution in [0.2, 0.25) is 0 Å². The minimum Gasteiger partial charge on any atom is -0.462 e. The maximum atomic E-state index is 13.4. The number of ether oxygens (including phenoxy) is 3. The zero-order valence-electron chi connectivity index (χ0n) is 26.9. The molecule has 0 radical (unpaired) electrons. The van der Waals surface area contributed by atoms with Gasteiger partial charge in [0, 0.05) is 29.7 Å². The fraction of sp³-hybridized carbons (Fsp3) is 0.824. The molecule has 242 valence electrons. The SMILES string of the molecule is CC[C@@H](C)C(=O)O[C@@H]1C[C@]2(C)C(=CC[C@H]2[C@@H]2C[C@H]([C@H](O)C(C)(C)O)O[C@@H]2O)[C@H]2[C@H]1[C@@]1(C)C=CC(=O)OC(C)(C)[C@@H]1C[C@H]2O. The average molecular weight is 605 g/mol. The molecule has 2 heterocycles. The first-order chi connectivity index (χ1) is 19.8. The Morgan fingerprint density at radius 2 is 1.86 bits per heavy atom. The van der Waals surface area contributed by atoms with E-state index >= 15 is 0 Å². The summed E-state index contributed by atoms with van der Waals surface area (Å²) in [4.78, 5) is 26.1. The Labute approximate surface area is 255 Å². The van der Waals surface area contributed by atoms with Crippen molar-refractivity contribution in [2.45, 2.75) is 129 Å². The summed E-state index contributed by atoms with van der Waals surface area (Å²) in [5.74, 6) is -2.24. The topological polar surface area (TPSA) is 143 Å². The van der Waals surface area contributed by atoms with Gasteiger partial charge in [-0.15, -0.1) is 0 Å². The first kappa shape index (κ1) is 32.6. The van der Waals surface area contributed by atoms with Gasteiger partial charge < -0.3 is 34.6 Å². The zero-order chi connectivity index (χ0) is 31.9. The van der Waals surface area contributed by atoms with E-state index < -0.39 is 58.7 Å². The molecule has 0 amide bonds. The number of rotatable bonds is 6. The van der Waals surface area contributed by atoms with Crippen LogP contribution in [0.25, 0.3) is 0 Å². The number of cyclic esters (lactones) is 1. The minimum atomic E-state index is -1.39. The zero-order valence-corrected chi connectivity index (χ0v) is 26.9. The van der Waals surface area contributed by atoms with Crippen molar-refractivity contribution in [3.8, 4) is 0 Å². The third-order valence-corrected chi connectivity index (χ3v) is 12.0. The fourth-order valence-corrected chi connectivity index (χ4v) is 9.63. The van der Waals surface area contributed by atoms with Crippen molar-refractivity contribution in [1.82, 2.24) is 0 Å². The molecule has 2 saturated carbocycles. The van der Waals surface area contributed by atoms with Crippen molar-refractivity contribution in [1.29, 1.82) is 0 Å². The van der Waals surface area contributed by atoms with Gasteiger partial charge >= 0.3 is 11.9 Å². The van der Waals surface area contributed by atoms with Crippen LogP contribution >= 0.6 is 0 Å². The van der Waals surface area contributed by atoms with Gasteiger partial charge in [0.25, 0.3) is 0 Å². The van der Waals surface area contributed by atoms with Gasteiger partial charge in [0.05, 0.1) is 23.7 Å². The minimum absolute atomic E-state index is 0.0917. The van der Waals surface area contributed by atoms with Crippen molar-refractivity contribution >= 4 is 11.9 Å². The number of allylic oxidation sites excluding steroid dienone is 2. The monoisotopic (exact) mass is 604 g/mol. The summed E-state index contributed by atoms with van der Waals surface area (Å²) in [6.07, 6.45) is 3.86. The summed E-state index contributed by atoms with van der Waals surface area (Å²) in [6.45, 7) is 14.9. The lowest BCUT2D eigenvalue weighted by Crippen LogP contribution is -2.63. The molecule has 9 nitrogen and oxygen atoms in total. The van der Waals surface area contributed by atoms with E-state index in [4.69, 9.17) is 14.2 Å². The van der Waals surface area contributed by atoms with Crippen molar-refractivity contribution in [2.75, 3.05) is 0 Å². The number of fused-ring (bicyclic) bond motifs is 5. The number of esters is 2. The molecule has 2 aliphatic heterocycles. The quantitative estimate of drug-likeness (QED) is 0.264. The molecule has 4 N–H and O–H groups in total. The van der Waals surface area contributed by atoms with Crippen LogP contribution in [0.15, 0.2) is 23.8 Å². The Kier molecular flexibility index (Phi) is 8.29. The highest BCUT2D eigenvalue weighted by Crippen LogP contribution is 2.67. The summed E-state index contributed by atoms with van der Waals surface area (Å²) in [5.41, 5.74) is -2.27. The normalized spacial score (nSPS) is 45.2. The van der Waals surface area contributed by atoms with Gasteiger partial charge in [0.1, 0.15) is 17.8 Å². The summed E-state index contributed by atoms with van der Waals surface area (Å²) in [6, 6.07) is 0. The lowest BCUT2D eigenvalue weighted by Gasteiger charge is -2.61. The number of hydrogen-bond acceptors (Lipinski definition) is 9. The predicted molar refractivity (Wildman–Crippen MR) is 158 cm³/mol. The predicted octanol–water partition coefficient (Wildman–Crippen LogP) is 3.67. The van der Waals surface area contributed by atoms with E-state index in [1.807, 2.05) is 33.8 Å². The summed E-state index contributed by atoms with van der Waals surface area (Å²) >= 11 is 0. The molecule has 5 aliphatic rings. The maximum Gasteiger partial charge on any atom is 0.330 e. The van der Waals surface area contributed by atoms with Crippen LogP contribution in [0.4, 0.5) is 0 Å². The van der Waals surface area contributed by atoms with Crippen LogP contribution in [0.1, 0.15) is 87.5 Å². The Hall–Kier alpha value is -1.78. The lowest BCUT2D eigenvalue weighted by atomic mass is 9.45. The van der Waals surface area contributed by atoms with Crippen LogP contribution in [-0.2, 0) is 23.8 Å². The van der Waals surface area contributed by atoms with E-state index in [-0.39, 0.29) is 41.5 Å². The molecule has 0 aromatic rings. The number of aliphatic hydroxyl groups excluding tert-OH is 3.